The Morgan fingerprint density at radius 2 is 1.78 bits per heavy atom. The van der Waals surface area contributed by atoms with Gasteiger partial charge in [-0.25, -0.2) is 8.42 Å². The van der Waals surface area contributed by atoms with Crippen molar-refractivity contribution in [2.45, 2.75) is 56.9 Å². The maximum Gasteiger partial charge on any atom is 0.322 e. The molecule has 3 rings (SSSR count). The Morgan fingerprint density at radius 1 is 1.08 bits per heavy atom. The number of unbranched alkanes of at least 4 members (excludes halogenated alkanes) is 1. The fourth-order valence-electron chi connectivity index (χ4n) is 4.28. The minimum absolute atomic E-state index is 0.0102. The molecule has 1 heterocycles. The van der Waals surface area contributed by atoms with Crippen molar-refractivity contribution in [3.63, 3.8) is 0 Å². The number of nitrogen functional groups attached to an aromatic ring is 1. The second kappa shape index (κ2) is 12.7. The smallest absolute Gasteiger partial charge is 0.322 e. The number of aromatic amines is 1. The number of rotatable bonds is 14. The quantitative estimate of drug-likeness (QED) is 0.185. The third-order valence-electron chi connectivity index (χ3n) is 6.19. The van der Waals surface area contributed by atoms with Crippen molar-refractivity contribution in [2.24, 2.45) is 5.92 Å². The molecule has 0 spiro atoms. The van der Waals surface area contributed by atoms with Gasteiger partial charge in [0.05, 0.1) is 4.90 Å². The molecule has 9 nitrogen and oxygen atoms in total. The van der Waals surface area contributed by atoms with Gasteiger partial charge in [-0.3, -0.25) is 9.59 Å². The van der Waals surface area contributed by atoms with Crippen LogP contribution in [0, 0.1) is 5.92 Å². The van der Waals surface area contributed by atoms with Gasteiger partial charge < -0.3 is 21.1 Å². The number of carboxylic acid groups (broad SMARTS) is 1. The lowest BCUT2D eigenvalue weighted by molar-refractivity contribution is -0.142. The SMILES string of the molecule is CC(C)CN([C@@H](CCCCNC(=O)CCc1c[nH]c2ccccc12)C(=O)O)S(=O)(=O)c1ccc(N)cc1. The van der Waals surface area contributed by atoms with E-state index in [-0.39, 0.29) is 29.7 Å². The molecule has 1 atom stereocenters. The molecule has 1 aromatic heterocycles. The first-order valence-corrected chi connectivity index (χ1v) is 14.0. The summed E-state index contributed by atoms with van der Waals surface area (Å²) in [5.74, 6) is -1.34. The summed E-state index contributed by atoms with van der Waals surface area (Å²) in [5.41, 5.74) is 8.23. The van der Waals surface area contributed by atoms with Crippen LogP contribution >= 0.6 is 0 Å². The van der Waals surface area contributed by atoms with Crippen LogP contribution in [0.1, 0.15) is 45.1 Å². The van der Waals surface area contributed by atoms with E-state index in [0.717, 1.165) is 20.8 Å². The molecule has 10 heteroatoms. The number of nitrogens with two attached hydrogens (primary N) is 1. The molecule has 0 aliphatic rings. The van der Waals surface area contributed by atoms with E-state index < -0.39 is 22.0 Å². The third-order valence-corrected chi connectivity index (χ3v) is 8.08. The van der Waals surface area contributed by atoms with Crippen molar-refractivity contribution >= 4 is 38.5 Å². The number of hydrogen-bond acceptors (Lipinski definition) is 5. The van der Waals surface area contributed by atoms with Crippen LogP contribution in [0.3, 0.4) is 0 Å². The van der Waals surface area contributed by atoms with E-state index in [1.54, 1.807) is 0 Å². The minimum Gasteiger partial charge on any atom is -0.480 e. The van der Waals surface area contributed by atoms with E-state index in [1.807, 2.05) is 44.3 Å². The molecule has 3 aromatic rings. The maximum atomic E-state index is 13.3. The predicted octanol–water partition coefficient (Wildman–Crippen LogP) is 3.77. The lowest BCUT2D eigenvalue weighted by Crippen LogP contribution is -2.46. The Labute approximate surface area is 218 Å². The van der Waals surface area contributed by atoms with Crippen molar-refractivity contribution in [1.29, 1.82) is 0 Å². The minimum atomic E-state index is -4.03. The number of sulfonamides is 1. The molecule has 0 bridgehead atoms. The average molecular weight is 529 g/mol. The van der Waals surface area contributed by atoms with Crippen LogP contribution in [0.15, 0.2) is 59.6 Å². The number of aryl methyl sites for hydroxylation is 1. The molecule has 0 saturated carbocycles. The van der Waals surface area contributed by atoms with Gasteiger partial charge in [0.2, 0.25) is 15.9 Å². The summed E-state index contributed by atoms with van der Waals surface area (Å²) in [6.45, 7) is 4.16. The monoisotopic (exact) mass is 528 g/mol. The van der Waals surface area contributed by atoms with Gasteiger partial charge >= 0.3 is 5.97 Å². The molecular weight excluding hydrogens is 492 g/mol. The number of carbonyl (C=O) groups excluding carboxylic acids is 1. The molecule has 0 radical (unpaired) electrons. The third kappa shape index (κ3) is 7.56. The number of anilines is 1. The summed E-state index contributed by atoms with van der Waals surface area (Å²) in [4.78, 5) is 27.6. The molecular formula is C27H36N4O5S. The second-order valence-corrected chi connectivity index (χ2v) is 11.5. The first-order valence-electron chi connectivity index (χ1n) is 12.5. The van der Waals surface area contributed by atoms with Gasteiger partial charge in [0.1, 0.15) is 6.04 Å². The Balaban J connectivity index is 1.53. The molecule has 1 amide bonds. The molecule has 0 fully saturated rings. The van der Waals surface area contributed by atoms with Crippen LogP contribution in [0.25, 0.3) is 10.9 Å². The van der Waals surface area contributed by atoms with Gasteiger partial charge in [0.25, 0.3) is 0 Å². The van der Waals surface area contributed by atoms with E-state index in [9.17, 15) is 23.1 Å². The number of fused-ring (bicyclic) bond motifs is 1. The highest BCUT2D eigenvalue weighted by atomic mass is 32.2. The summed E-state index contributed by atoms with van der Waals surface area (Å²) in [6, 6.07) is 12.5. The largest absolute Gasteiger partial charge is 0.480 e. The van der Waals surface area contributed by atoms with Crippen LogP contribution in [0.2, 0.25) is 0 Å². The highest BCUT2D eigenvalue weighted by Crippen LogP contribution is 2.24. The van der Waals surface area contributed by atoms with E-state index in [1.165, 1.54) is 24.3 Å². The van der Waals surface area contributed by atoms with E-state index in [0.29, 0.717) is 37.9 Å². The van der Waals surface area contributed by atoms with Crippen molar-refractivity contribution in [3.8, 4) is 0 Å². The number of benzene rings is 2. The van der Waals surface area contributed by atoms with Crippen LogP contribution in [-0.4, -0.2) is 53.8 Å². The first-order chi connectivity index (χ1) is 17.6. The highest BCUT2D eigenvalue weighted by Gasteiger charge is 2.36. The topological polar surface area (TPSA) is 146 Å². The van der Waals surface area contributed by atoms with E-state index in [2.05, 4.69) is 10.3 Å². The summed E-state index contributed by atoms with van der Waals surface area (Å²) in [6.07, 6.45) is 4.02. The number of para-hydroxylation sites is 1. The number of carbonyl (C=O) groups is 2. The Kier molecular flexibility index (Phi) is 9.71. The number of carboxylic acids is 1. The summed E-state index contributed by atoms with van der Waals surface area (Å²) in [5, 5.41) is 13.9. The molecule has 2 aromatic carbocycles. The Bertz CT molecular complexity index is 1300. The second-order valence-electron chi connectivity index (χ2n) is 9.60. The van der Waals surface area contributed by atoms with Gasteiger partial charge in [-0.1, -0.05) is 32.0 Å². The number of amides is 1. The predicted molar refractivity (Wildman–Crippen MR) is 144 cm³/mol. The van der Waals surface area contributed by atoms with Gasteiger partial charge in [0.15, 0.2) is 0 Å². The Hall–Kier alpha value is -3.37. The van der Waals surface area contributed by atoms with Crippen LogP contribution in [0.5, 0.6) is 0 Å². The van der Waals surface area contributed by atoms with E-state index in [4.69, 9.17) is 5.73 Å². The number of aliphatic carboxylic acids is 1. The van der Waals surface area contributed by atoms with Crippen molar-refractivity contribution in [2.75, 3.05) is 18.8 Å². The van der Waals surface area contributed by atoms with Crippen LogP contribution < -0.4 is 11.1 Å². The number of hydrogen-bond donors (Lipinski definition) is 4. The molecule has 0 aliphatic heterocycles. The number of aromatic nitrogens is 1. The highest BCUT2D eigenvalue weighted by molar-refractivity contribution is 7.89. The number of nitrogens with zero attached hydrogens (tertiary/aromatic N) is 1. The molecule has 5 N–H and O–H groups in total. The number of H-pyrrole nitrogens is 1. The maximum absolute atomic E-state index is 13.3. The lowest BCUT2D eigenvalue weighted by atomic mass is 10.1. The lowest BCUT2D eigenvalue weighted by Gasteiger charge is -2.29. The molecule has 37 heavy (non-hydrogen) atoms. The van der Waals surface area contributed by atoms with Crippen molar-refractivity contribution < 1.29 is 23.1 Å². The van der Waals surface area contributed by atoms with Gasteiger partial charge in [-0.15, -0.1) is 0 Å². The van der Waals surface area contributed by atoms with Crippen LogP contribution in [-0.2, 0) is 26.0 Å². The average Bonchev–Trinajstić information content (AvgIpc) is 3.27. The summed E-state index contributed by atoms with van der Waals surface area (Å²) >= 11 is 0. The van der Waals surface area contributed by atoms with E-state index >= 15 is 0 Å². The van der Waals surface area contributed by atoms with Gasteiger partial charge in [-0.2, -0.15) is 4.31 Å². The zero-order valence-electron chi connectivity index (χ0n) is 21.3. The fraction of sp³-hybridized carbons (Fsp3) is 0.407. The van der Waals surface area contributed by atoms with Crippen LogP contribution in [0.4, 0.5) is 5.69 Å². The van der Waals surface area contributed by atoms with Gasteiger partial charge in [0, 0.05) is 42.3 Å². The summed E-state index contributed by atoms with van der Waals surface area (Å²) in [7, 11) is -4.03. The molecule has 0 aliphatic carbocycles. The summed E-state index contributed by atoms with van der Waals surface area (Å²) < 4.78 is 27.7. The molecule has 200 valence electrons. The first kappa shape index (κ1) is 28.2. The standard InChI is InChI=1S/C27H36N4O5S/c1-19(2)18-31(37(35,36)22-13-11-21(28)12-14-22)25(27(33)34)9-5-6-16-29-26(32)15-10-20-17-30-24-8-4-3-7-23(20)24/h3-4,7-8,11-14,17,19,25,30H,5-6,9-10,15-16,18,28H2,1-2H3,(H,29,32)(H,33,34)/t25-/m0/s1. The molecule has 0 unspecified atom stereocenters. The number of nitrogens with one attached hydrogen (secondary N) is 2. The van der Waals surface area contributed by atoms with Crippen molar-refractivity contribution in [1.82, 2.24) is 14.6 Å². The zero-order valence-corrected chi connectivity index (χ0v) is 22.1. The van der Waals surface area contributed by atoms with Gasteiger partial charge in [-0.05, 0) is 67.5 Å². The fourth-order valence-corrected chi connectivity index (χ4v) is 6.06. The normalized spacial score (nSPS) is 12.8. The Morgan fingerprint density at radius 3 is 2.46 bits per heavy atom. The zero-order chi connectivity index (χ0) is 27.0. The molecule has 0 saturated heterocycles. The van der Waals surface area contributed by atoms with Crippen molar-refractivity contribution in [3.05, 3.63) is 60.3 Å².